The van der Waals surface area contributed by atoms with E-state index in [1.165, 1.54) is 9.80 Å². The minimum absolute atomic E-state index is 0.0488. The molecule has 4 aliphatic carbocycles. The van der Waals surface area contributed by atoms with E-state index in [-0.39, 0.29) is 111 Å². The molecule has 8 aliphatic rings. The number of hydrogen-bond donors (Lipinski definition) is 2. The number of carbonyl (C=O) groups is 8. The first-order chi connectivity index (χ1) is 51.8. The fourth-order valence-electron chi connectivity index (χ4n) is 17.0. The van der Waals surface area contributed by atoms with Crippen LogP contribution in [0.3, 0.4) is 0 Å². The average molecular weight is 1550 g/mol. The fourth-order valence-corrected chi connectivity index (χ4v) is 19.6. The number of amides is 4. The molecule has 8 heterocycles. The number of para-hydroxylation sites is 2. The summed E-state index contributed by atoms with van der Waals surface area (Å²) in [6.07, 6.45) is 19.9. The summed E-state index contributed by atoms with van der Waals surface area (Å²) in [4.78, 5) is 135. The van der Waals surface area contributed by atoms with E-state index >= 15 is 0 Å². The molecule has 0 bridgehead atoms. The second-order valence-corrected chi connectivity index (χ2v) is 39.9. The molecule has 2 saturated heterocycles. The van der Waals surface area contributed by atoms with Gasteiger partial charge in [-0.15, -0.1) is 0 Å². The van der Waals surface area contributed by atoms with Gasteiger partial charge in [0.15, 0.2) is 11.6 Å². The standard InChI is InChI=1S/2C41H53N5O8S/c2*1-25-11-7-8-12-27-22-41(27,37(50)44-55(51,52)40(6)15-16-40)23-33(47)32-20-28(53-35-29-13-9-10-14-31(29)45-18-17-42-38(45)43-35)24-46(32)36(49)30(26(2)19-25)21-34(48)54-39(3,4)5/h2*8-10,12-14,17-18,25-28,30,32H,7,11,15-16,19-24H2,1-6H3,(H,44,50)/b2*12-8-/t25-,26+,27+,28+,30-,32-,41+;25-,26-,27-,28-,30+,32+,41-/m01/s1. The van der Waals surface area contributed by atoms with Gasteiger partial charge >= 0.3 is 11.9 Å². The predicted octanol–water partition coefficient (Wildman–Crippen LogP) is 11.1. The molecule has 14 atom stereocenters. The van der Waals surface area contributed by atoms with E-state index in [0.717, 1.165) is 47.5 Å². The van der Waals surface area contributed by atoms with Gasteiger partial charge in [0.2, 0.25) is 67.0 Å². The Kier molecular flexibility index (Phi) is 21.7. The number of carbonyl (C=O) groups excluding carboxylic acids is 8. The van der Waals surface area contributed by atoms with E-state index in [1.54, 1.807) is 67.8 Å². The van der Waals surface area contributed by atoms with Crippen LogP contribution in [-0.4, -0.2) is 161 Å². The topological polar surface area (TPSA) is 333 Å². The van der Waals surface area contributed by atoms with Gasteiger partial charge in [0.05, 0.1) is 92.0 Å². The number of ketones is 2. The number of Topliss-reactive ketones (excluding diaryl/α,β-unsaturated/α-hetero) is 2. The first-order valence-corrected chi connectivity index (χ1v) is 42.1. The summed E-state index contributed by atoms with van der Waals surface area (Å²) in [5.74, 6) is -4.46. The molecule has 0 unspecified atom stereocenters. The van der Waals surface area contributed by atoms with Gasteiger partial charge in [-0.25, -0.2) is 26.8 Å². The molecule has 26 nitrogen and oxygen atoms in total. The van der Waals surface area contributed by atoms with E-state index in [4.69, 9.17) is 18.9 Å². The van der Waals surface area contributed by atoms with Gasteiger partial charge in [0, 0.05) is 50.5 Å². The molecule has 6 aromatic rings. The maximum absolute atomic E-state index is 14.9. The van der Waals surface area contributed by atoms with E-state index in [1.807, 2.05) is 108 Å². The Morgan fingerprint density at radius 3 is 1.28 bits per heavy atom. The second-order valence-electron chi connectivity index (χ2n) is 35.5. The lowest BCUT2D eigenvalue weighted by Gasteiger charge is -2.32. The normalized spacial score (nSPS) is 30.5. The van der Waals surface area contributed by atoms with Crippen LogP contribution in [0.5, 0.6) is 11.8 Å². The quantitative estimate of drug-likeness (QED) is 0.0755. The van der Waals surface area contributed by atoms with Crippen molar-refractivity contribution in [1.29, 1.82) is 0 Å². The van der Waals surface area contributed by atoms with Crippen LogP contribution in [0.2, 0.25) is 0 Å². The molecule has 4 amide bonds. The average Bonchev–Trinajstić information content (AvgIpc) is 1.57. The Hall–Kier alpha value is -8.66. The molecule has 592 valence electrons. The highest BCUT2D eigenvalue weighted by Crippen LogP contribution is 2.59. The molecule has 4 saturated carbocycles. The molecule has 2 N–H and O–H groups in total. The Bertz CT molecular complexity index is 4610. The minimum atomic E-state index is -3.95. The van der Waals surface area contributed by atoms with Crippen LogP contribution in [-0.2, 0) is 67.9 Å². The van der Waals surface area contributed by atoms with E-state index < -0.39 is 111 Å². The van der Waals surface area contributed by atoms with Gasteiger partial charge < -0.3 is 28.7 Å². The lowest BCUT2D eigenvalue weighted by atomic mass is 9.82. The number of rotatable bonds is 14. The first kappa shape index (κ1) is 79.4. The van der Waals surface area contributed by atoms with Gasteiger partial charge in [0.25, 0.3) is 0 Å². The number of benzene rings is 2. The van der Waals surface area contributed by atoms with Gasteiger partial charge in [0.1, 0.15) is 23.4 Å². The summed E-state index contributed by atoms with van der Waals surface area (Å²) in [6, 6.07) is 13.2. The number of ether oxygens (including phenoxy) is 4. The summed E-state index contributed by atoms with van der Waals surface area (Å²) >= 11 is 0. The van der Waals surface area contributed by atoms with Crippen molar-refractivity contribution in [3.63, 3.8) is 0 Å². The van der Waals surface area contributed by atoms with Crippen molar-refractivity contribution >= 4 is 101 Å². The third-order valence-corrected chi connectivity index (χ3v) is 28.5. The van der Waals surface area contributed by atoms with Crippen molar-refractivity contribution in [2.24, 2.45) is 58.2 Å². The zero-order valence-electron chi connectivity index (χ0n) is 65.2. The summed E-state index contributed by atoms with van der Waals surface area (Å²) in [5, 5.41) is 1.46. The zero-order chi connectivity index (χ0) is 79.0. The summed E-state index contributed by atoms with van der Waals surface area (Å²) < 4.78 is 83.9. The van der Waals surface area contributed by atoms with Crippen molar-refractivity contribution in [3.8, 4) is 11.8 Å². The molecule has 110 heavy (non-hydrogen) atoms. The second kappa shape index (κ2) is 30.1. The molecule has 6 fully saturated rings. The van der Waals surface area contributed by atoms with Crippen LogP contribution < -0.4 is 18.9 Å². The zero-order valence-corrected chi connectivity index (χ0v) is 66.9. The molecule has 4 aliphatic heterocycles. The van der Waals surface area contributed by atoms with Crippen LogP contribution in [0.25, 0.3) is 33.4 Å². The number of allylic oxidation sites excluding steroid dienone is 4. The highest BCUT2D eigenvalue weighted by Gasteiger charge is 2.65. The van der Waals surface area contributed by atoms with Crippen molar-refractivity contribution < 1.29 is 74.1 Å². The van der Waals surface area contributed by atoms with Crippen LogP contribution in [0, 0.1) is 58.2 Å². The molecular weight excluding hydrogens is 1450 g/mol. The smallest absolute Gasteiger partial charge is 0.307 e. The van der Waals surface area contributed by atoms with Gasteiger partial charge in [-0.05, 0) is 192 Å². The summed E-state index contributed by atoms with van der Waals surface area (Å²) in [7, 11) is -7.90. The largest absolute Gasteiger partial charge is 0.472 e. The predicted molar refractivity (Wildman–Crippen MR) is 410 cm³/mol. The van der Waals surface area contributed by atoms with E-state index in [9.17, 15) is 55.2 Å². The molecule has 2 aromatic carbocycles. The number of sulfonamides is 2. The highest BCUT2D eigenvalue weighted by atomic mass is 32.2. The number of nitrogens with zero attached hydrogens (tertiary/aromatic N) is 8. The molecule has 28 heteroatoms. The van der Waals surface area contributed by atoms with Crippen LogP contribution in [0.15, 0.2) is 97.6 Å². The molecule has 0 spiro atoms. The third-order valence-electron chi connectivity index (χ3n) is 24.2. The maximum atomic E-state index is 14.9. The molecule has 14 rings (SSSR count). The van der Waals surface area contributed by atoms with E-state index in [2.05, 4.69) is 43.2 Å². The van der Waals surface area contributed by atoms with Crippen molar-refractivity contribution in [2.45, 2.75) is 244 Å². The Labute approximate surface area is 643 Å². The van der Waals surface area contributed by atoms with Gasteiger partial charge in [-0.1, -0.05) is 76.3 Å². The van der Waals surface area contributed by atoms with E-state index in [0.29, 0.717) is 74.7 Å². The number of aromatic nitrogens is 6. The molecular formula is C82H106N10O16S2. The number of nitrogens with one attached hydrogen (secondary N) is 2. The number of hydrogen-bond acceptors (Lipinski definition) is 20. The minimum Gasteiger partial charge on any atom is -0.472 e. The van der Waals surface area contributed by atoms with Gasteiger partial charge in [-0.2, -0.15) is 9.97 Å². The maximum Gasteiger partial charge on any atom is 0.307 e. The molecule has 0 radical (unpaired) electrons. The van der Waals surface area contributed by atoms with Crippen LogP contribution in [0.1, 0.15) is 199 Å². The number of fused-ring (bicyclic) bond motifs is 10. The number of imidazole rings is 2. The molecule has 4 aromatic heterocycles. The van der Waals surface area contributed by atoms with Crippen molar-refractivity contribution in [2.75, 3.05) is 13.1 Å². The lowest BCUT2D eigenvalue weighted by Crippen LogP contribution is -2.48. The van der Waals surface area contributed by atoms with Crippen LogP contribution in [0.4, 0.5) is 0 Å². The van der Waals surface area contributed by atoms with Crippen molar-refractivity contribution in [1.82, 2.24) is 48.0 Å². The fraction of sp³-hybridized carbons (Fsp3) is 0.610. The van der Waals surface area contributed by atoms with Gasteiger partial charge in [-0.3, -0.25) is 56.6 Å². The monoisotopic (exact) mass is 1550 g/mol. The van der Waals surface area contributed by atoms with Crippen molar-refractivity contribution in [3.05, 3.63) is 97.6 Å². The van der Waals surface area contributed by atoms with Crippen LogP contribution >= 0.6 is 0 Å². The lowest BCUT2D eigenvalue weighted by molar-refractivity contribution is -0.160. The Morgan fingerprint density at radius 1 is 0.545 bits per heavy atom. The number of esters is 2. The Morgan fingerprint density at radius 2 is 0.918 bits per heavy atom. The summed E-state index contributed by atoms with van der Waals surface area (Å²) in [6.45, 7) is 22.2. The highest BCUT2D eigenvalue weighted by molar-refractivity contribution is 7.92. The SMILES string of the molecule is C[C@@H]1CC/C=C\[C@@H]2C[C@@]2(C(=O)NS(=O)(=O)C2(C)CC2)CC(=O)[C@@H]2C[C@@H](Oc3nc4nccn4c4ccccc34)CN2C(=O)[C@@H](CC(=O)OC(C)(C)C)[C@H](C)C1.C[C@H]1CC/C=C\[C@@H]2C[C@@]2(C(=O)NS(=O)(=O)C2(C)CC2)CC(=O)[C@@H]2C[C@@H](Oc3nc4nccn4c4ccccc34)CN2C(=O)[C@@H](CC(=O)OC(C)(C)C)[C@H](C)C1. The Balaban J connectivity index is 0.000000193. The summed E-state index contributed by atoms with van der Waals surface area (Å²) in [5.41, 5.74) is -2.37. The first-order valence-electron chi connectivity index (χ1n) is 39.1. The third kappa shape index (κ3) is 16.8.